The quantitative estimate of drug-likeness (QED) is 0.641. The van der Waals surface area contributed by atoms with Crippen LogP contribution < -0.4 is 8.79 Å². The fourth-order valence-corrected chi connectivity index (χ4v) is 20.5. The minimum atomic E-state index is -2.21. The van der Waals surface area contributed by atoms with E-state index < -0.39 is 13.3 Å². The van der Waals surface area contributed by atoms with Gasteiger partial charge in [-0.15, -0.1) is 0 Å². The third-order valence-corrected chi connectivity index (χ3v) is 18.2. The van der Waals surface area contributed by atoms with Gasteiger partial charge in [0.2, 0.25) is 0 Å². The Morgan fingerprint density at radius 1 is 0.667 bits per heavy atom. The zero-order valence-corrected chi connectivity index (χ0v) is 15.6. The van der Waals surface area contributed by atoms with E-state index in [2.05, 4.69) is 76.2 Å². The number of fused-ring (bicyclic) bond motifs is 4. The second kappa shape index (κ2) is 4.04. The van der Waals surface area contributed by atoms with E-state index in [4.69, 9.17) is 0 Å². The van der Waals surface area contributed by atoms with Crippen LogP contribution >= 0.6 is 0 Å². The molecule has 0 fully saturated rings. The van der Waals surface area contributed by atoms with Crippen molar-refractivity contribution < 1.29 is 0 Å². The second-order valence-electron chi connectivity index (χ2n) is 8.29. The van der Waals surface area contributed by atoms with Gasteiger partial charge in [-0.05, 0) is 0 Å². The fraction of sp³-hybridized carbons (Fsp3) is 0.400. The van der Waals surface area contributed by atoms with Gasteiger partial charge in [0.1, 0.15) is 0 Å². The number of hydrogen-bond acceptors (Lipinski definition) is 0. The van der Waals surface area contributed by atoms with Gasteiger partial charge >= 0.3 is 131 Å². The molecule has 0 aromatic heterocycles. The number of rotatable bonds is 0. The molecular weight excluding hydrogens is 313 g/mol. The summed E-state index contributed by atoms with van der Waals surface area (Å²) in [7, 11) is 0. The van der Waals surface area contributed by atoms with Gasteiger partial charge in [0.05, 0.1) is 0 Å². The first kappa shape index (κ1) is 13.6. The molecule has 2 aliphatic rings. The van der Waals surface area contributed by atoms with E-state index in [1.54, 1.807) is 19.9 Å². The Balaban J connectivity index is 2.04. The summed E-state index contributed by atoms with van der Waals surface area (Å²) >= 11 is -2.21. The summed E-state index contributed by atoms with van der Waals surface area (Å²) in [5, 5.41) is 2.85. The van der Waals surface area contributed by atoms with Crippen molar-refractivity contribution in [2.24, 2.45) is 0 Å². The molecule has 2 aromatic carbocycles. The van der Waals surface area contributed by atoms with Gasteiger partial charge in [-0.1, -0.05) is 0 Å². The zero-order chi connectivity index (χ0) is 14.9. The average molecular weight is 337 g/mol. The summed E-state index contributed by atoms with van der Waals surface area (Å²) in [6.45, 7) is 9.83. The molecule has 108 valence electrons. The summed E-state index contributed by atoms with van der Waals surface area (Å²) in [4.78, 5) is 0. The van der Waals surface area contributed by atoms with E-state index in [0.29, 0.717) is 10.8 Å². The van der Waals surface area contributed by atoms with Crippen LogP contribution in [0.1, 0.15) is 38.8 Å². The molecule has 0 unspecified atom stereocenters. The summed E-state index contributed by atoms with van der Waals surface area (Å²) in [6.07, 6.45) is 0. The van der Waals surface area contributed by atoms with Crippen LogP contribution in [0, 0.1) is 0 Å². The fourth-order valence-electron chi connectivity index (χ4n) is 5.27. The van der Waals surface area contributed by atoms with Gasteiger partial charge in [-0.2, -0.15) is 0 Å². The van der Waals surface area contributed by atoms with Crippen molar-refractivity contribution >= 4 is 22.1 Å². The van der Waals surface area contributed by atoms with Crippen LogP contribution in [-0.4, -0.2) is 13.3 Å². The van der Waals surface area contributed by atoms with Crippen LogP contribution in [0.15, 0.2) is 48.5 Å². The van der Waals surface area contributed by atoms with Crippen LogP contribution in [-0.2, 0) is 10.8 Å². The standard InChI is InChI=1S/C20H24Ge/c1-19(2)13-21(17-11-7-5-9-15(17)19)14-20(3,4)16-10-6-8-12-18(16)21/h5-12H,13-14H2,1-4H3. The van der Waals surface area contributed by atoms with E-state index in [-0.39, 0.29) is 0 Å². The molecule has 2 aliphatic heterocycles. The molecule has 2 heterocycles. The van der Waals surface area contributed by atoms with Crippen LogP contribution in [0.25, 0.3) is 0 Å². The van der Waals surface area contributed by atoms with Crippen molar-refractivity contribution in [1.29, 1.82) is 0 Å². The van der Waals surface area contributed by atoms with Crippen LogP contribution in [0.2, 0.25) is 10.5 Å². The summed E-state index contributed by atoms with van der Waals surface area (Å²) in [5.41, 5.74) is 3.98. The molecule has 0 amide bonds. The molecule has 2 aromatic rings. The van der Waals surface area contributed by atoms with Crippen molar-refractivity contribution in [3.8, 4) is 0 Å². The van der Waals surface area contributed by atoms with Gasteiger partial charge < -0.3 is 0 Å². The number of hydrogen-bond donors (Lipinski definition) is 0. The molecule has 1 heteroatoms. The van der Waals surface area contributed by atoms with Gasteiger partial charge in [-0.25, -0.2) is 0 Å². The van der Waals surface area contributed by atoms with E-state index in [1.165, 1.54) is 10.5 Å². The van der Waals surface area contributed by atoms with E-state index in [9.17, 15) is 0 Å². The molecule has 0 saturated heterocycles. The maximum atomic E-state index is 2.46. The molecule has 21 heavy (non-hydrogen) atoms. The Morgan fingerprint density at radius 3 is 1.48 bits per heavy atom. The Bertz CT molecular complexity index is 661. The minimum absolute atomic E-state index is 0.351. The first-order valence-electron chi connectivity index (χ1n) is 8.07. The summed E-state index contributed by atoms with van der Waals surface area (Å²) in [6, 6.07) is 18.7. The molecule has 0 radical (unpaired) electrons. The monoisotopic (exact) mass is 338 g/mol. The van der Waals surface area contributed by atoms with E-state index in [0.717, 1.165) is 0 Å². The summed E-state index contributed by atoms with van der Waals surface area (Å²) in [5.74, 6) is 0. The van der Waals surface area contributed by atoms with Crippen LogP contribution in [0.5, 0.6) is 0 Å². The van der Waals surface area contributed by atoms with Crippen molar-refractivity contribution in [2.45, 2.75) is 49.0 Å². The van der Waals surface area contributed by atoms with Crippen LogP contribution in [0.4, 0.5) is 0 Å². The maximum absolute atomic E-state index is 2.46. The van der Waals surface area contributed by atoms with E-state index in [1.807, 2.05) is 0 Å². The Kier molecular flexibility index (Phi) is 2.62. The molecule has 1 spiro atoms. The van der Waals surface area contributed by atoms with Gasteiger partial charge in [0, 0.05) is 0 Å². The topological polar surface area (TPSA) is 0 Å². The van der Waals surface area contributed by atoms with Crippen molar-refractivity contribution in [1.82, 2.24) is 0 Å². The van der Waals surface area contributed by atoms with E-state index >= 15 is 0 Å². The normalized spacial score (nSPS) is 23.0. The third kappa shape index (κ3) is 1.69. The van der Waals surface area contributed by atoms with Crippen LogP contribution in [0.3, 0.4) is 0 Å². The molecule has 4 rings (SSSR count). The van der Waals surface area contributed by atoms with Crippen molar-refractivity contribution in [2.75, 3.05) is 0 Å². The first-order valence-corrected chi connectivity index (χ1v) is 13.1. The molecule has 0 N–H and O–H groups in total. The number of benzene rings is 2. The Labute approximate surface area is 130 Å². The molecule has 0 atom stereocenters. The molecule has 0 nitrogen and oxygen atoms in total. The Hall–Kier alpha value is -1.02. The SMILES string of the molecule is CC1(C)[CH2][Ge]2([CH2]C(C)(C)c3cccc[c]32)[c]2ccccc21. The van der Waals surface area contributed by atoms with Crippen molar-refractivity contribution in [3.05, 3.63) is 59.7 Å². The molecule has 0 aliphatic carbocycles. The molecular formula is C20H24Ge. The zero-order valence-electron chi connectivity index (χ0n) is 13.5. The molecule has 0 saturated carbocycles. The van der Waals surface area contributed by atoms with Crippen molar-refractivity contribution in [3.63, 3.8) is 0 Å². The Morgan fingerprint density at radius 2 is 1.05 bits per heavy atom. The van der Waals surface area contributed by atoms with Gasteiger partial charge in [-0.3, -0.25) is 0 Å². The second-order valence-corrected chi connectivity index (χ2v) is 16.6. The van der Waals surface area contributed by atoms with Gasteiger partial charge in [0.25, 0.3) is 0 Å². The predicted molar refractivity (Wildman–Crippen MR) is 93.6 cm³/mol. The first-order chi connectivity index (χ1) is 9.87. The predicted octanol–water partition coefficient (Wildman–Crippen LogP) is 3.83. The van der Waals surface area contributed by atoms with Gasteiger partial charge in [0.15, 0.2) is 0 Å². The third-order valence-electron chi connectivity index (χ3n) is 5.83. The average Bonchev–Trinajstić information content (AvgIpc) is 2.81. The summed E-state index contributed by atoms with van der Waals surface area (Å²) < 4.78 is 3.53. The molecule has 0 bridgehead atoms.